The fraction of sp³-hybridized carbons (Fsp3) is 0.364. The highest BCUT2D eigenvalue weighted by molar-refractivity contribution is 6.30. The number of carbonyl (C=O) groups is 1. The first-order valence-corrected chi connectivity index (χ1v) is 5.04. The Morgan fingerprint density at radius 3 is 2.57 bits per heavy atom. The number of carbonyl (C=O) groups excluding carboxylic acids is 1. The fourth-order valence-corrected chi connectivity index (χ4v) is 2.43. The maximum absolute atomic E-state index is 11.6. The van der Waals surface area contributed by atoms with Crippen molar-refractivity contribution in [3.63, 3.8) is 0 Å². The number of fused-ring (bicyclic) bond motifs is 1. The highest BCUT2D eigenvalue weighted by atomic mass is 35.5. The van der Waals surface area contributed by atoms with Crippen LogP contribution in [0.5, 0.6) is 0 Å². The lowest BCUT2D eigenvalue weighted by Crippen LogP contribution is -2.18. The lowest BCUT2D eigenvalue weighted by molar-refractivity contribution is -0.142. The summed E-state index contributed by atoms with van der Waals surface area (Å²) in [6.07, 6.45) is 0.938. The van der Waals surface area contributed by atoms with E-state index in [4.69, 9.17) is 16.3 Å². The summed E-state index contributed by atoms with van der Waals surface area (Å²) >= 11 is 5.80. The first kappa shape index (κ1) is 8.30. The van der Waals surface area contributed by atoms with E-state index in [1.807, 2.05) is 24.3 Å². The minimum absolute atomic E-state index is 0.0650. The van der Waals surface area contributed by atoms with Crippen LogP contribution in [0.3, 0.4) is 0 Å². The van der Waals surface area contributed by atoms with Gasteiger partial charge in [0, 0.05) is 10.9 Å². The second kappa shape index (κ2) is 2.51. The Labute approximate surface area is 86.8 Å². The summed E-state index contributed by atoms with van der Waals surface area (Å²) in [7, 11) is 0. The normalized spacial score (nSPS) is 33.8. The molecule has 2 fully saturated rings. The zero-order valence-electron chi connectivity index (χ0n) is 7.50. The van der Waals surface area contributed by atoms with Crippen molar-refractivity contribution in [2.75, 3.05) is 6.61 Å². The standard InChI is InChI=1S/C11H9ClO2/c12-9-3-1-7(2-4-9)11-5-8(11)6-14-10(11)13/h1-4,8H,5-6H2/t8-,11+/m1/s1. The average Bonchev–Trinajstić information content (AvgIpc) is 2.84. The van der Waals surface area contributed by atoms with Crippen molar-refractivity contribution in [2.45, 2.75) is 11.8 Å². The van der Waals surface area contributed by atoms with Crippen molar-refractivity contribution in [3.8, 4) is 0 Å². The molecule has 0 bridgehead atoms. The van der Waals surface area contributed by atoms with Gasteiger partial charge in [0.15, 0.2) is 0 Å². The molecule has 1 aromatic rings. The molecule has 3 heteroatoms. The molecule has 0 radical (unpaired) electrons. The smallest absolute Gasteiger partial charge is 0.317 e. The SMILES string of the molecule is O=C1OC[C@H]2C[C@@]12c1ccc(Cl)cc1. The summed E-state index contributed by atoms with van der Waals surface area (Å²) in [6, 6.07) is 7.50. The van der Waals surface area contributed by atoms with Gasteiger partial charge in [-0.15, -0.1) is 0 Å². The fourth-order valence-electron chi connectivity index (χ4n) is 2.30. The summed E-state index contributed by atoms with van der Waals surface area (Å²) < 4.78 is 5.03. The molecule has 0 unspecified atom stereocenters. The lowest BCUT2D eigenvalue weighted by atomic mass is 9.95. The molecule has 0 spiro atoms. The Kier molecular flexibility index (Phi) is 1.49. The largest absolute Gasteiger partial charge is 0.465 e. The summed E-state index contributed by atoms with van der Waals surface area (Å²) in [4.78, 5) is 11.6. The van der Waals surface area contributed by atoms with Crippen molar-refractivity contribution in [1.29, 1.82) is 0 Å². The molecular weight excluding hydrogens is 200 g/mol. The zero-order valence-corrected chi connectivity index (χ0v) is 8.25. The van der Waals surface area contributed by atoms with Crippen LogP contribution in [-0.4, -0.2) is 12.6 Å². The molecule has 0 N–H and O–H groups in total. The van der Waals surface area contributed by atoms with E-state index in [1.165, 1.54) is 0 Å². The number of ether oxygens (including phenoxy) is 1. The second-order valence-corrected chi connectivity index (χ2v) is 4.41. The third-order valence-electron chi connectivity index (χ3n) is 3.24. The van der Waals surface area contributed by atoms with Crippen molar-refractivity contribution in [1.82, 2.24) is 0 Å². The Bertz CT molecular complexity index is 398. The quantitative estimate of drug-likeness (QED) is 0.661. The van der Waals surface area contributed by atoms with Gasteiger partial charge in [-0.2, -0.15) is 0 Å². The number of hydrogen-bond acceptors (Lipinski definition) is 2. The van der Waals surface area contributed by atoms with E-state index in [9.17, 15) is 4.79 Å². The van der Waals surface area contributed by atoms with E-state index in [2.05, 4.69) is 0 Å². The molecule has 2 aliphatic rings. The van der Waals surface area contributed by atoms with E-state index in [0.29, 0.717) is 17.5 Å². The summed E-state index contributed by atoms with van der Waals surface area (Å²) in [5.74, 6) is 0.334. The molecule has 2 atom stereocenters. The van der Waals surface area contributed by atoms with E-state index >= 15 is 0 Å². The van der Waals surface area contributed by atoms with Gasteiger partial charge in [-0.25, -0.2) is 0 Å². The molecule has 1 saturated heterocycles. The van der Waals surface area contributed by atoms with Crippen LogP contribution < -0.4 is 0 Å². The number of esters is 1. The second-order valence-electron chi connectivity index (χ2n) is 3.98. The molecule has 1 saturated carbocycles. The highest BCUT2D eigenvalue weighted by Crippen LogP contribution is 2.58. The van der Waals surface area contributed by atoms with Crippen LogP contribution in [0.2, 0.25) is 5.02 Å². The van der Waals surface area contributed by atoms with Gasteiger partial charge in [0.1, 0.15) is 0 Å². The number of rotatable bonds is 1. The number of benzene rings is 1. The molecule has 72 valence electrons. The molecule has 0 aromatic heterocycles. The number of halogens is 1. The van der Waals surface area contributed by atoms with Crippen LogP contribution in [-0.2, 0) is 14.9 Å². The first-order valence-electron chi connectivity index (χ1n) is 4.67. The van der Waals surface area contributed by atoms with Crippen molar-refractivity contribution < 1.29 is 9.53 Å². The van der Waals surface area contributed by atoms with Gasteiger partial charge in [0.25, 0.3) is 0 Å². The molecule has 2 nitrogen and oxygen atoms in total. The Hall–Kier alpha value is -1.02. The third-order valence-corrected chi connectivity index (χ3v) is 3.50. The van der Waals surface area contributed by atoms with Crippen LogP contribution >= 0.6 is 11.6 Å². The molecule has 14 heavy (non-hydrogen) atoms. The van der Waals surface area contributed by atoms with Gasteiger partial charge in [-0.1, -0.05) is 23.7 Å². The molecule has 1 heterocycles. The molecule has 3 rings (SSSR count). The predicted octanol–water partition coefficient (Wildman–Crippen LogP) is 2.15. The summed E-state index contributed by atoms with van der Waals surface area (Å²) in [5.41, 5.74) is 0.735. The van der Waals surface area contributed by atoms with E-state index < -0.39 is 0 Å². The number of cyclic esters (lactones) is 1. The van der Waals surface area contributed by atoms with Gasteiger partial charge >= 0.3 is 5.97 Å². The van der Waals surface area contributed by atoms with Gasteiger partial charge < -0.3 is 4.74 Å². The third kappa shape index (κ3) is 0.894. The zero-order chi connectivity index (χ0) is 9.76. The van der Waals surface area contributed by atoms with E-state index in [0.717, 1.165) is 12.0 Å². The predicted molar refractivity (Wildman–Crippen MR) is 52.2 cm³/mol. The van der Waals surface area contributed by atoms with Crippen LogP contribution in [0.25, 0.3) is 0 Å². The van der Waals surface area contributed by atoms with Crippen molar-refractivity contribution in [3.05, 3.63) is 34.9 Å². The maximum Gasteiger partial charge on any atom is 0.317 e. The molecular formula is C11H9ClO2. The van der Waals surface area contributed by atoms with Crippen molar-refractivity contribution >= 4 is 17.6 Å². The van der Waals surface area contributed by atoms with Crippen LogP contribution in [0.15, 0.2) is 24.3 Å². The number of hydrogen-bond donors (Lipinski definition) is 0. The van der Waals surface area contributed by atoms with E-state index in [-0.39, 0.29) is 11.4 Å². The lowest BCUT2D eigenvalue weighted by Gasteiger charge is -2.08. The highest BCUT2D eigenvalue weighted by Gasteiger charge is 2.66. The average molecular weight is 209 g/mol. The van der Waals surface area contributed by atoms with Gasteiger partial charge in [-0.3, -0.25) is 4.79 Å². The topological polar surface area (TPSA) is 26.3 Å². The van der Waals surface area contributed by atoms with Crippen LogP contribution in [0.4, 0.5) is 0 Å². The molecule has 1 aliphatic carbocycles. The molecule has 1 aromatic carbocycles. The summed E-state index contributed by atoms with van der Waals surface area (Å²) in [6.45, 7) is 0.585. The minimum Gasteiger partial charge on any atom is -0.465 e. The van der Waals surface area contributed by atoms with Gasteiger partial charge in [0.2, 0.25) is 0 Å². The molecule has 1 aliphatic heterocycles. The van der Waals surface area contributed by atoms with Crippen molar-refractivity contribution in [2.24, 2.45) is 5.92 Å². The monoisotopic (exact) mass is 208 g/mol. The van der Waals surface area contributed by atoms with Crippen LogP contribution in [0.1, 0.15) is 12.0 Å². The first-order chi connectivity index (χ1) is 6.73. The summed E-state index contributed by atoms with van der Waals surface area (Å²) in [5, 5.41) is 0.703. The minimum atomic E-state index is -0.315. The van der Waals surface area contributed by atoms with Gasteiger partial charge in [0.05, 0.1) is 12.0 Å². The maximum atomic E-state index is 11.6. The Morgan fingerprint density at radius 2 is 2.07 bits per heavy atom. The van der Waals surface area contributed by atoms with Crippen LogP contribution in [0, 0.1) is 5.92 Å². The molecule has 0 amide bonds. The van der Waals surface area contributed by atoms with Gasteiger partial charge in [-0.05, 0) is 24.1 Å². The van der Waals surface area contributed by atoms with E-state index in [1.54, 1.807) is 0 Å². The Balaban J connectivity index is 2.04. The Morgan fingerprint density at radius 1 is 1.36 bits per heavy atom.